The lowest BCUT2D eigenvalue weighted by atomic mass is 10.1. The van der Waals surface area contributed by atoms with Gasteiger partial charge in [-0.05, 0) is 49.7 Å². The van der Waals surface area contributed by atoms with Gasteiger partial charge in [-0.1, -0.05) is 0 Å². The molecule has 3 aromatic rings. The van der Waals surface area contributed by atoms with Gasteiger partial charge in [0.2, 0.25) is 0 Å². The van der Waals surface area contributed by atoms with Crippen molar-refractivity contribution in [3.63, 3.8) is 0 Å². The number of hydrogen-bond donors (Lipinski definition) is 3. The van der Waals surface area contributed by atoms with Gasteiger partial charge in [0, 0.05) is 18.3 Å². The monoisotopic (exact) mass is 417 g/mol. The Hall–Kier alpha value is -2.91. The third-order valence-corrected chi connectivity index (χ3v) is 4.78. The molecular formula is C19H24ClN7O2. The maximum atomic E-state index is 12.4. The second-order valence-corrected chi connectivity index (χ2v) is 6.70. The summed E-state index contributed by atoms with van der Waals surface area (Å²) in [6.45, 7) is 2.18. The fourth-order valence-corrected chi connectivity index (χ4v) is 3.22. The number of ether oxygens (including phenoxy) is 1. The second-order valence-electron chi connectivity index (χ2n) is 6.70. The topological polar surface area (TPSA) is 110 Å². The maximum Gasteiger partial charge on any atom is 0.272 e. The molecule has 29 heavy (non-hydrogen) atoms. The molecule has 1 atom stereocenters. The summed E-state index contributed by atoms with van der Waals surface area (Å²) in [6, 6.07) is 9.52. The molecule has 154 valence electrons. The Morgan fingerprint density at radius 1 is 1.31 bits per heavy atom. The van der Waals surface area contributed by atoms with Crippen LogP contribution in [0.25, 0.3) is 11.4 Å². The van der Waals surface area contributed by atoms with Gasteiger partial charge in [-0.3, -0.25) is 14.6 Å². The van der Waals surface area contributed by atoms with Crippen LogP contribution in [0.1, 0.15) is 35.2 Å². The number of nitrogens with zero attached hydrogens (tertiary/aromatic N) is 4. The third kappa shape index (κ3) is 4.93. The van der Waals surface area contributed by atoms with Crippen molar-refractivity contribution >= 4 is 18.3 Å². The van der Waals surface area contributed by atoms with Gasteiger partial charge in [-0.15, -0.1) is 12.4 Å². The minimum Gasteiger partial charge on any atom is -0.497 e. The van der Waals surface area contributed by atoms with E-state index in [1.54, 1.807) is 13.2 Å². The number of nitrogens with one attached hydrogen (secondary N) is 3. The number of halogens is 1. The van der Waals surface area contributed by atoms with Crippen molar-refractivity contribution in [2.75, 3.05) is 20.2 Å². The number of benzene rings is 1. The molecule has 0 bridgehead atoms. The highest BCUT2D eigenvalue weighted by atomic mass is 35.5. The van der Waals surface area contributed by atoms with E-state index in [4.69, 9.17) is 4.74 Å². The first kappa shape index (κ1) is 20.8. The van der Waals surface area contributed by atoms with Gasteiger partial charge in [-0.2, -0.15) is 10.2 Å². The molecule has 0 aliphatic carbocycles. The lowest BCUT2D eigenvalue weighted by Gasteiger charge is -2.22. The summed E-state index contributed by atoms with van der Waals surface area (Å²) >= 11 is 0. The molecule has 9 nitrogen and oxygen atoms in total. The molecule has 1 saturated heterocycles. The van der Waals surface area contributed by atoms with Crippen LogP contribution in [0.3, 0.4) is 0 Å². The average molecular weight is 418 g/mol. The summed E-state index contributed by atoms with van der Waals surface area (Å²) in [4.78, 5) is 16.8. The molecule has 3 heterocycles. The Morgan fingerprint density at radius 2 is 2.14 bits per heavy atom. The van der Waals surface area contributed by atoms with Crippen molar-refractivity contribution in [1.82, 2.24) is 35.6 Å². The zero-order valence-electron chi connectivity index (χ0n) is 16.1. The first-order valence-corrected chi connectivity index (χ1v) is 9.33. The fourth-order valence-electron chi connectivity index (χ4n) is 3.22. The van der Waals surface area contributed by atoms with Crippen molar-refractivity contribution < 1.29 is 9.53 Å². The Bertz CT molecular complexity index is 932. The van der Waals surface area contributed by atoms with Crippen molar-refractivity contribution in [1.29, 1.82) is 0 Å². The van der Waals surface area contributed by atoms with E-state index >= 15 is 0 Å². The van der Waals surface area contributed by atoms with Crippen LogP contribution in [0.4, 0.5) is 0 Å². The van der Waals surface area contributed by atoms with Gasteiger partial charge in [0.25, 0.3) is 5.91 Å². The second kappa shape index (κ2) is 9.53. The smallest absolute Gasteiger partial charge is 0.272 e. The van der Waals surface area contributed by atoms with Gasteiger partial charge in [0.1, 0.15) is 17.3 Å². The molecule has 4 rings (SSSR count). The quantitative estimate of drug-likeness (QED) is 0.565. The summed E-state index contributed by atoms with van der Waals surface area (Å²) in [7, 11) is 1.62. The summed E-state index contributed by atoms with van der Waals surface area (Å²) in [5, 5.41) is 17.7. The number of hydrogen-bond acceptors (Lipinski definition) is 6. The van der Waals surface area contributed by atoms with E-state index in [0.717, 1.165) is 37.2 Å². The van der Waals surface area contributed by atoms with Crippen LogP contribution in [-0.2, 0) is 6.54 Å². The van der Waals surface area contributed by atoms with E-state index in [0.29, 0.717) is 23.4 Å². The molecule has 0 saturated carbocycles. The summed E-state index contributed by atoms with van der Waals surface area (Å²) < 4.78 is 7.02. The third-order valence-electron chi connectivity index (χ3n) is 4.78. The van der Waals surface area contributed by atoms with Gasteiger partial charge >= 0.3 is 0 Å². The molecule has 1 aliphatic heterocycles. The van der Waals surface area contributed by atoms with Gasteiger partial charge < -0.3 is 15.4 Å². The SMILES string of the molecule is COc1ccc(-c2n[nH]c(CNC(=O)c3ccn(C4CCCNC4)n3)n2)cc1.Cl. The highest BCUT2D eigenvalue weighted by Gasteiger charge is 2.18. The molecule has 1 unspecified atom stereocenters. The number of H-pyrrole nitrogens is 1. The minimum absolute atomic E-state index is 0. The van der Waals surface area contributed by atoms with Gasteiger partial charge in [-0.25, -0.2) is 4.98 Å². The van der Waals surface area contributed by atoms with E-state index in [1.807, 2.05) is 35.1 Å². The Balaban J connectivity index is 0.00000240. The van der Waals surface area contributed by atoms with E-state index in [9.17, 15) is 4.79 Å². The van der Waals surface area contributed by atoms with Gasteiger partial charge in [0.05, 0.1) is 19.7 Å². The van der Waals surface area contributed by atoms with Crippen molar-refractivity contribution in [3.8, 4) is 17.1 Å². The fraction of sp³-hybridized carbons (Fsp3) is 0.368. The van der Waals surface area contributed by atoms with Crippen molar-refractivity contribution in [3.05, 3.63) is 48.0 Å². The van der Waals surface area contributed by atoms with E-state index in [2.05, 4.69) is 30.9 Å². The standard InChI is InChI=1S/C19H23N7O2.ClH/c1-28-15-6-4-13(5-7-15)18-22-17(23-24-18)12-21-19(27)16-8-10-26(25-16)14-3-2-9-20-11-14;/h4-8,10,14,20H,2-3,9,11-12H2,1H3,(H,21,27)(H,22,23,24);1H. The number of rotatable bonds is 6. The van der Waals surface area contributed by atoms with E-state index < -0.39 is 0 Å². The van der Waals surface area contributed by atoms with Crippen LogP contribution in [0.15, 0.2) is 36.5 Å². The number of carbonyl (C=O) groups excluding carboxylic acids is 1. The summed E-state index contributed by atoms with van der Waals surface area (Å²) in [5.74, 6) is 1.69. The van der Waals surface area contributed by atoms with Crippen molar-refractivity contribution in [2.45, 2.75) is 25.4 Å². The molecular weight excluding hydrogens is 394 g/mol. The number of aromatic nitrogens is 5. The van der Waals surface area contributed by atoms with Crippen molar-refractivity contribution in [2.24, 2.45) is 0 Å². The number of carbonyl (C=O) groups is 1. The van der Waals surface area contributed by atoms with Crippen LogP contribution in [0.2, 0.25) is 0 Å². The Kier molecular flexibility index (Phi) is 6.84. The van der Waals surface area contributed by atoms with Crippen LogP contribution < -0.4 is 15.4 Å². The predicted octanol–water partition coefficient (Wildman–Crippen LogP) is 1.95. The molecule has 3 N–H and O–H groups in total. The zero-order valence-corrected chi connectivity index (χ0v) is 16.9. The molecule has 1 fully saturated rings. The first-order chi connectivity index (χ1) is 13.7. The highest BCUT2D eigenvalue weighted by Crippen LogP contribution is 2.19. The normalized spacial score (nSPS) is 16.1. The van der Waals surface area contributed by atoms with Crippen LogP contribution >= 0.6 is 12.4 Å². The van der Waals surface area contributed by atoms with Crippen LogP contribution in [0.5, 0.6) is 5.75 Å². The molecule has 0 radical (unpaired) electrons. The highest BCUT2D eigenvalue weighted by molar-refractivity contribution is 5.92. The number of aromatic amines is 1. The molecule has 1 aliphatic rings. The summed E-state index contributed by atoms with van der Waals surface area (Å²) in [6.07, 6.45) is 4.05. The average Bonchev–Trinajstić information content (AvgIpc) is 3.43. The number of piperidine rings is 1. The number of methoxy groups -OCH3 is 1. The summed E-state index contributed by atoms with van der Waals surface area (Å²) in [5.41, 5.74) is 1.27. The predicted molar refractivity (Wildman–Crippen MR) is 110 cm³/mol. The molecule has 1 aromatic carbocycles. The lowest BCUT2D eigenvalue weighted by Crippen LogP contribution is -2.32. The zero-order chi connectivity index (χ0) is 19.3. The molecule has 2 aromatic heterocycles. The molecule has 1 amide bonds. The maximum absolute atomic E-state index is 12.4. The first-order valence-electron chi connectivity index (χ1n) is 9.33. The largest absolute Gasteiger partial charge is 0.497 e. The molecule has 0 spiro atoms. The lowest BCUT2D eigenvalue weighted by molar-refractivity contribution is 0.0943. The van der Waals surface area contributed by atoms with Crippen LogP contribution in [-0.4, -0.2) is 51.1 Å². The number of amides is 1. The minimum atomic E-state index is -0.232. The van der Waals surface area contributed by atoms with E-state index in [1.165, 1.54) is 0 Å². The van der Waals surface area contributed by atoms with Gasteiger partial charge in [0.15, 0.2) is 5.82 Å². The Labute approximate surface area is 174 Å². The van der Waals surface area contributed by atoms with E-state index in [-0.39, 0.29) is 24.9 Å². The molecule has 10 heteroatoms. The van der Waals surface area contributed by atoms with Crippen LogP contribution in [0, 0.1) is 0 Å². The Morgan fingerprint density at radius 3 is 2.86 bits per heavy atom.